The Morgan fingerprint density at radius 3 is 2.67 bits per heavy atom. The predicted molar refractivity (Wildman–Crippen MR) is 48.7 cm³/mol. The highest BCUT2D eigenvalue weighted by molar-refractivity contribution is 5.73. The van der Waals surface area contributed by atoms with Gasteiger partial charge in [0.05, 0.1) is 4.92 Å². The molecule has 5 nitrogen and oxygen atoms in total. The van der Waals surface area contributed by atoms with Crippen molar-refractivity contribution in [1.82, 2.24) is 0 Å². The third kappa shape index (κ3) is 3.39. The predicted octanol–water partition coefficient (Wildman–Crippen LogP) is -2.22. The fraction of sp³-hybridized carbons (Fsp3) is 0.333. The highest BCUT2D eigenvalue weighted by Gasteiger charge is 2.20. The van der Waals surface area contributed by atoms with E-state index >= 15 is 0 Å². The van der Waals surface area contributed by atoms with Gasteiger partial charge in [0.25, 0.3) is 5.69 Å². The summed E-state index contributed by atoms with van der Waals surface area (Å²) in [5.41, 5.74) is 0.529. The van der Waals surface area contributed by atoms with Crippen molar-refractivity contribution in [2.75, 3.05) is 0 Å². The number of nitro groups is 1. The molecule has 1 aromatic rings. The van der Waals surface area contributed by atoms with Crippen LogP contribution in [0, 0.1) is 17.0 Å². The quantitative estimate of drug-likeness (QED) is 0.357. The second-order valence-electron chi connectivity index (χ2n) is 3.07. The molecule has 0 aliphatic heterocycles. The molecule has 0 radical (unpaired) electrons. The Hall–Kier alpha value is -1.30. The molecule has 1 aromatic heterocycles. The van der Waals surface area contributed by atoms with Crippen molar-refractivity contribution in [2.24, 2.45) is 0 Å². The standard InChI is InChI=1S/C9H11N2O3.BrH/c1-7(12)6-10-5-3-4-9(8(10)2)11(13)14;/h3-5H,6H2,1-2H3;1H/q+1;/p-1. The number of hydrogen-bond donors (Lipinski definition) is 0. The molecular formula is C9H11BrN2O3. The smallest absolute Gasteiger partial charge is 0.335 e. The number of nitrogens with zero attached hydrogens (tertiary/aromatic N) is 2. The molecule has 15 heavy (non-hydrogen) atoms. The van der Waals surface area contributed by atoms with E-state index in [1.807, 2.05) is 0 Å². The Bertz CT molecular complexity index is 393. The molecule has 0 N–H and O–H groups in total. The van der Waals surface area contributed by atoms with E-state index in [0.717, 1.165) is 0 Å². The SMILES string of the molecule is CC(=O)C[n+]1cccc([N+](=O)[O-])c1C.[Br-]. The summed E-state index contributed by atoms with van der Waals surface area (Å²) in [4.78, 5) is 21.0. The number of carbonyl (C=O) groups is 1. The maximum atomic E-state index is 10.9. The highest BCUT2D eigenvalue weighted by Crippen LogP contribution is 2.11. The Labute approximate surface area is 97.6 Å². The average Bonchev–Trinajstić information content (AvgIpc) is 2.07. The first-order valence-corrected chi connectivity index (χ1v) is 4.15. The molecule has 0 saturated carbocycles. The van der Waals surface area contributed by atoms with Crippen LogP contribution in [0.15, 0.2) is 18.3 Å². The van der Waals surface area contributed by atoms with Gasteiger partial charge in [0.2, 0.25) is 6.54 Å². The van der Waals surface area contributed by atoms with Crippen molar-refractivity contribution in [1.29, 1.82) is 0 Å². The number of pyridine rings is 1. The number of Topliss-reactive ketones (excluding diaryl/α,β-unsaturated/α-hetero) is 1. The zero-order valence-corrected chi connectivity index (χ0v) is 10.0. The van der Waals surface area contributed by atoms with Gasteiger partial charge in [-0.05, 0) is 0 Å². The number of halogens is 1. The van der Waals surface area contributed by atoms with Gasteiger partial charge in [0.15, 0.2) is 12.0 Å². The van der Waals surface area contributed by atoms with Crippen LogP contribution in [0.1, 0.15) is 12.6 Å². The van der Waals surface area contributed by atoms with Gasteiger partial charge in [0.1, 0.15) is 0 Å². The maximum Gasteiger partial charge on any atom is 0.335 e. The minimum Gasteiger partial charge on any atom is -1.00 e. The minimum absolute atomic E-state index is 0. The highest BCUT2D eigenvalue weighted by atomic mass is 79.9. The van der Waals surface area contributed by atoms with Crippen LogP contribution in [0.2, 0.25) is 0 Å². The summed E-state index contributed by atoms with van der Waals surface area (Å²) in [6.45, 7) is 3.25. The second kappa shape index (κ2) is 5.55. The summed E-state index contributed by atoms with van der Waals surface area (Å²) in [7, 11) is 0. The first-order valence-electron chi connectivity index (χ1n) is 4.15. The summed E-state index contributed by atoms with van der Waals surface area (Å²) in [6.07, 6.45) is 1.66. The van der Waals surface area contributed by atoms with Crippen molar-refractivity contribution >= 4 is 11.5 Å². The van der Waals surface area contributed by atoms with E-state index in [1.165, 1.54) is 13.0 Å². The van der Waals surface area contributed by atoms with E-state index in [1.54, 1.807) is 23.8 Å². The van der Waals surface area contributed by atoms with Crippen LogP contribution in [0.5, 0.6) is 0 Å². The molecule has 1 rings (SSSR count). The van der Waals surface area contributed by atoms with E-state index < -0.39 is 4.92 Å². The molecule has 0 atom stereocenters. The third-order valence-electron chi connectivity index (χ3n) is 1.91. The summed E-state index contributed by atoms with van der Waals surface area (Å²) in [5, 5.41) is 10.6. The largest absolute Gasteiger partial charge is 1.00 e. The molecule has 0 aliphatic carbocycles. The van der Waals surface area contributed by atoms with Crippen LogP contribution in [-0.2, 0) is 11.3 Å². The van der Waals surface area contributed by atoms with Crippen molar-refractivity contribution in [3.05, 3.63) is 34.1 Å². The summed E-state index contributed by atoms with van der Waals surface area (Å²) in [6, 6.07) is 2.99. The molecule has 0 aromatic carbocycles. The van der Waals surface area contributed by atoms with Crippen LogP contribution in [0.4, 0.5) is 5.69 Å². The van der Waals surface area contributed by atoms with Gasteiger partial charge in [-0.2, -0.15) is 4.57 Å². The van der Waals surface area contributed by atoms with Gasteiger partial charge in [-0.25, -0.2) is 0 Å². The molecule has 82 valence electrons. The van der Waals surface area contributed by atoms with Crippen LogP contribution in [0.3, 0.4) is 0 Å². The number of rotatable bonds is 3. The molecule has 0 spiro atoms. The molecule has 0 aliphatic rings. The maximum absolute atomic E-state index is 10.9. The molecule has 1 heterocycles. The van der Waals surface area contributed by atoms with Crippen molar-refractivity contribution in [2.45, 2.75) is 20.4 Å². The van der Waals surface area contributed by atoms with Gasteiger partial charge < -0.3 is 17.0 Å². The zero-order valence-electron chi connectivity index (χ0n) is 8.44. The molecule has 0 bridgehead atoms. The number of hydrogen-bond acceptors (Lipinski definition) is 3. The van der Waals surface area contributed by atoms with Crippen molar-refractivity contribution < 1.29 is 31.3 Å². The topological polar surface area (TPSA) is 64.1 Å². The van der Waals surface area contributed by atoms with Crippen molar-refractivity contribution in [3.8, 4) is 0 Å². The average molecular weight is 275 g/mol. The van der Waals surface area contributed by atoms with Gasteiger partial charge >= 0.3 is 5.69 Å². The van der Waals surface area contributed by atoms with Gasteiger partial charge in [0, 0.05) is 26.0 Å². The number of ketones is 1. The number of carbonyl (C=O) groups excluding carboxylic acids is 1. The fourth-order valence-corrected chi connectivity index (χ4v) is 1.22. The van der Waals surface area contributed by atoms with Crippen LogP contribution >= 0.6 is 0 Å². The lowest BCUT2D eigenvalue weighted by molar-refractivity contribution is -0.692. The first-order chi connectivity index (χ1) is 6.52. The lowest BCUT2D eigenvalue weighted by atomic mass is 10.3. The Morgan fingerprint density at radius 2 is 2.20 bits per heavy atom. The van der Waals surface area contributed by atoms with E-state index in [-0.39, 0.29) is 35.0 Å². The minimum atomic E-state index is -0.452. The first kappa shape index (κ1) is 13.7. The third-order valence-corrected chi connectivity index (χ3v) is 1.91. The summed E-state index contributed by atoms with van der Waals surface area (Å²) >= 11 is 0. The van der Waals surface area contributed by atoms with E-state index in [9.17, 15) is 14.9 Å². The molecule has 0 amide bonds. The monoisotopic (exact) mass is 274 g/mol. The van der Waals surface area contributed by atoms with E-state index in [0.29, 0.717) is 5.69 Å². The summed E-state index contributed by atoms with van der Waals surface area (Å²) in [5.74, 6) is -0.0291. The molecular weight excluding hydrogens is 264 g/mol. The lowest BCUT2D eigenvalue weighted by Gasteiger charge is -1.97. The van der Waals surface area contributed by atoms with Gasteiger partial charge in [-0.3, -0.25) is 14.9 Å². The summed E-state index contributed by atoms with van der Waals surface area (Å²) < 4.78 is 1.57. The Morgan fingerprint density at radius 1 is 1.60 bits per heavy atom. The zero-order chi connectivity index (χ0) is 10.7. The second-order valence-corrected chi connectivity index (χ2v) is 3.07. The normalized spacial score (nSPS) is 9.20. The molecule has 0 fully saturated rings. The van der Waals surface area contributed by atoms with Gasteiger partial charge in [-0.15, -0.1) is 0 Å². The Balaban J connectivity index is 0.00000196. The van der Waals surface area contributed by atoms with Gasteiger partial charge in [-0.1, -0.05) is 0 Å². The molecule has 6 heteroatoms. The fourth-order valence-electron chi connectivity index (χ4n) is 1.22. The van der Waals surface area contributed by atoms with Crippen LogP contribution in [-0.4, -0.2) is 10.7 Å². The van der Waals surface area contributed by atoms with E-state index in [4.69, 9.17) is 0 Å². The molecule has 0 unspecified atom stereocenters. The lowest BCUT2D eigenvalue weighted by Crippen LogP contribution is -3.00. The van der Waals surface area contributed by atoms with Crippen LogP contribution in [0.25, 0.3) is 0 Å². The Kier molecular flexibility index (Phi) is 5.07. The van der Waals surface area contributed by atoms with E-state index in [2.05, 4.69) is 0 Å². The van der Waals surface area contributed by atoms with Crippen molar-refractivity contribution in [3.63, 3.8) is 0 Å². The van der Waals surface area contributed by atoms with Crippen LogP contribution < -0.4 is 21.5 Å². The number of aromatic nitrogens is 1. The molecule has 0 saturated heterocycles.